The van der Waals surface area contributed by atoms with E-state index in [1.54, 1.807) is 7.05 Å². The average molecular weight is 256 g/mol. The Morgan fingerprint density at radius 1 is 1.32 bits per heavy atom. The van der Waals surface area contributed by atoms with Gasteiger partial charge in [-0.25, -0.2) is 0 Å². The predicted octanol–water partition coefficient (Wildman–Crippen LogP) is 2.10. The zero-order chi connectivity index (χ0) is 13.2. The Balaban J connectivity index is 1.53. The molecule has 0 aromatic heterocycles. The molecule has 2 N–H and O–H groups in total. The molecule has 2 aliphatic carbocycles. The summed E-state index contributed by atoms with van der Waals surface area (Å²) in [6.45, 7) is 0.885. The zero-order valence-corrected chi connectivity index (χ0v) is 11.2. The number of fused-ring (bicyclic) bond motifs is 1. The molecule has 1 aromatic rings. The number of carbonyl (C=O) groups excluding carboxylic acids is 1. The maximum Gasteiger partial charge on any atom is 0.251 e. The Labute approximate surface area is 114 Å². The van der Waals surface area contributed by atoms with Crippen LogP contribution in [-0.4, -0.2) is 19.0 Å². The first-order chi connectivity index (χ1) is 9.28. The molecule has 3 heteroatoms. The van der Waals surface area contributed by atoms with Gasteiger partial charge in [0.15, 0.2) is 0 Å². The van der Waals surface area contributed by atoms with Crippen molar-refractivity contribution in [2.24, 2.45) is 11.8 Å². The van der Waals surface area contributed by atoms with Crippen molar-refractivity contribution in [2.45, 2.75) is 25.4 Å². The molecular formula is C16H20N2O. The second-order valence-corrected chi connectivity index (χ2v) is 5.50. The number of hydrogen-bond donors (Lipinski definition) is 2. The van der Waals surface area contributed by atoms with Crippen LogP contribution in [0.5, 0.6) is 0 Å². The monoisotopic (exact) mass is 256 g/mol. The van der Waals surface area contributed by atoms with E-state index in [-0.39, 0.29) is 5.91 Å². The largest absolute Gasteiger partial charge is 0.355 e. The van der Waals surface area contributed by atoms with E-state index >= 15 is 0 Å². The van der Waals surface area contributed by atoms with E-state index < -0.39 is 0 Å². The lowest BCUT2D eigenvalue weighted by molar-refractivity contribution is 0.0963. The molecule has 1 aromatic carbocycles. The third-order valence-corrected chi connectivity index (χ3v) is 4.37. The average Bonchev–Trinajstić information content (AvgIpc) is 2.80. The van der Waals surface area contributed by atoms with E-state index in [1.807, 2.05) is 24.3 Å². The van der Waals surface area contributed by atoms with Gasteiger partial charge in [-0.3, -0.25) is 4.79 Å². The van der Waals surface area contributed by atoms with Gasteiger partial charge in [0.1, 0.15) is 0 Å². The van der Waals surface area contributed by atoms with Crippen molar-refractivity contribution in [3.8, 4) is 0 Å². The molecule has 1 amide bonds. The Hall–Kier alpha value is -1.61. The van der Waals surface area contributed by atoms with Crippen LogP contribution in [0.2, 0.25) is 0 Å². The summed E-state index contributed by atoms with van der Waals surface area (Å²) >= 11 is 0. The number of allylic oxidation sites excluding steroid dienone is 1. The number of rotatable bonds is 4. The van der Waals surface area contributed by atoms with E-state index in [0.717, 1.165) is 18.4 Å². The predicted molar refractivity (Wildman–Crippen MR) is 75.8 cm³/mol. The number of carbonyl (C=O) groups is 1. The first kappa shape index (κ1) is 12.4. The van der Waals surface area contributed by atoms with Crippen LogP contribution in [0.25, 0.3) is 0 Å². The molecule has 0 saturated heterocycles. The van der Waals surface area contributed by atoms with Crippen LogP contribution in [0.15, 0.2) is 36.4 Å². The molecule has 0 bridgehead atoms. The van der Waals surface area contributed by atoms with Gasteiger partial charge >= 0.3 is 0 Å². The summed E-state index contributed by atoms with van der Waals surface area (Å²) in [5.41, 5.74) is 1.95. The van der Waals surface area contributed by atoms with Crippen molar-refractivity contribution in [1.29, 1.82) is 0 Å². The minimum absolute atomic E-state index is 0.0302. The van der Waals surface area contributed by atoms with Crippen molar-refractivity contribution in [3.63, 3.8) is 0 Å². The fraction of sp³-hybridized carbons (Fsp3) is 0.438. The molecule has 3 unspecified atom stereocenters. The van der Waals surface area contributed by atoms with E-state index in [2.05, 4.69) is 22.8 Å². The highest BCUT2D eigenvalue weighted by molar-refractivity contribution is 5.93. The van der Waals surface area contributed by atoms with Crippen molar-refractivity contribution in [3.05, 3.63) is 47.5 Å². The number of amides is 1. The van der Waals surface area contributed by atoms with E-state index in [4.69, 9.17) is 0 Å². The first-order valence-electron chi connectivity index (χ1n) is 6.99. The van der Waals surface area contributed by atoms with Crippen molar-refractivity contribution in [1.82, 2.24) is 10.6 Å². The number of benzene rings is 1. The normalized spacial score (nSPS) is 27.7. The second-order valence-electron chi connectivity index (χ2n) is 5.50. The van der Waals surface area contributed by atoms with Gasteiger partial charge in [0.2, 0.25) is 0 Å². The molecule has 1 fully saturated rings. The molecule has 3 atom stereocenters. The minimum Gasteiger partial charge on any atom is -0.355 e. The maximum atomic E-state index is 11.4. The molecule has 1 saturated carbocycles. The summed E-state index contributed by atoms with van der Waals surface area (Å²) in [5, 5.41) is 6.25. The first-order valence-corrected chi connectivity index (χ1v) is 6.99. The fourth-order valence-electron chi connectivity index (χ4n) is 3.11. The quantitative estimate of drug-likeness (QED) is 0.810. The molecule has 19 heavy (non-hydrogen) atoms. The molecule has 0 aliphatic heterocycles. The number of hydrogen-bond acceptors (Lipinski definition) is 2. The highest BCUT2D eigenvalue weighted by atomic mass is 16.1. The summed E-state index contributed by atoms with van der Waals surface area (Å²) in [5.74, 6) is 1.62. The van der Waals surface area contributed by atoms with Crippen molar-refractivity contribution < 1.29 is 4.79 Å². The molecular weight excluding hydrogens is 236 g/mol. The van der Waals surface area contributed by atoms with Crippen LogP contribution in [0.1, 0.15) is 28.8 Å². The molecule has 100 valence electrons. The number of nitrogens with one attached hydrogen (secondary N) is 2. The van der Waals surface area contributed by atoms with Crippen LogP contribution in [0, 0.1) is 11.8 Å². The topological polar surface area (TPSA) is 41.1 Å². The van der Waals surface area contributed by atoms with Gasteiger partial charge in [0, 0.05) is 25.2 Å². The summed E-state index contributed by atoms with van der Waals surface area (Å²) in [6, 6.07) is 8.46. The van der Waals surface area contributed by atoms with E-state index in [0.29, 0.717) is 11.6 Å². The lowest BCUT2D eigenvalue weighted by Crippen LogP contribution is -2.47. The molecule has 3 rings (SSSR count). The Morgan fingerprint density at radius 3 is 2.79 bits per heavy atom. The van der Waals surface area contributed by atoms with Gasteiger partial charge in [-0.1, -0.05) is 24.3 Å². The Kier molecular flexibility index (Phi) is 3.38. The fourth-order valence-corrected chi connectivity index (χ4v) is 3.11. The van der Waals surface area contributed by atoms with Gasteiger partial charge in [-0.05, 0) is 42.4 Å². The maximum absolute atomic E-state index is 11.4. The SMILES string of the molecule is CNC(=O)c1ccc(CNC2CC3CC=CC32)cc1. The van der Waals surface area contributed by atoms with Crippen LogP contribution >= 0.6 is 0 Å². The summed E-state index contributed by atoms with van der Waals surface area (Å²) in [4.78, 5) is 11.4. The standard InChI is InChI=1S/C16H20N2O/c1-17-16(19)12-7-5-11(6-8-12)10-18-15-9-13-3-2-4-14(13)15/h2,4-8,13-15,18H,3,9-10H2,1H3,(H,17,19). The molecule has 0 radical (unpaired) electrons. The molecule has 3 nitrogen and oxygen atoms in total. The molecule has 0 heterocycles. The molecule has 2 aliphatic rings. The highest BCUT2D eigenvalue weighted by Crippen LogP contribution is 2.42. The highest BCUT2D eigenvalue weighted by Gasteiger charge is 2.40. The van der Waals surface area contributed by atoms with Gasteiger partial charge < -0.3 is 10.6 Å². The van der Waals surface area contributed by atoms with Crippen molar-refractivity contribution >= 4 is 5.91 Å². The van der Waals surface area contributed by atoms with Crippen molar-refractivity contribution in [2.75, 3.05) is 7.05 Å². The zero-order valence-electron chi connectivity index (χ0n) is 11.2. The summed E-state index contributed by atoms with van der Waals surface area (Å²) in [7, 11) is 1.65. The third-order valence-electron chi connectivity index (χ3n) is 4.37. The van der Waals surface area contributed by atoms with Gasteiger partial charge in [-0.15, -0.1) is 0 Å². The van der Waals surface area contributed by atoms with Gasteiger partial charge in [0.25, 0.3) is 5.91 Å². The third kappa shape index (κ3) is 2.43. The summed E-state index contributed by atoms with van der Waals surface area (Å²) < 4.78 is 0. The lowest BCUT2D eigenvalue weighted by Gasteiger charge is -2.40. The van der Waals surface area contributed by atoms with Crippen LogP contribution in [0.3, 0.4) is 0 Å². The lowest BCUT2D eigenvalue weighted by atomic mass is 9.71. The van der Waals surface area contributed by atoms with Crippen LogP contribution in [-0.2, 0) is 6.54 Å². The Bertz CT molecular complexity index is 492. The van der Waals surface area contributed by atoms with Crippen LogP contribution in [0.4, 0.5) is 0 Å². The van der Waals surface area contributed by atoms with E-state index in [9.17, 15) is 4.79 Å². The molecule has 0 spiro atoms. The minimum atomic E-state index is -0.0302. The van der Waals surface area contributed by atoms with Gasteiger partial charge in [-0.2, -0.15) is 0 Å². The van der Waals surface area contributed by atoms with Gasteiger partial charge in [0.05, 0.1) is 0 Å². The second kappa shape index (κ2) is 5.17. The van der Waals surface area contributed by atoms with E-state index in [1.165, 1.54) is 18.4 Å². The summed E-state index contributed by atoms with van der Waals surface area (Å²) in [6.07, 6.45) is 7.24. The van der Waals surface area contributed by atoms with Crippen LogP contribution < -0.4 is 10.6 Å². The smallest absolute Gasteiger partial charge is 0.251 e. The Morgan fingerprint density at radius 2 is 2.11 bits per heavy atom.